The second-order valence-electron chi connectivity index (χ2n) is 7.16. The lowest BCUT2D eigenvalue weighted by Gasteiger charge is -2.11. The van der Waals surface area contributed by atoms with Gasteiger partial charge in [-0.15, -0.1) is 29.3 Å². The van der Waals surface area contributed by atoms with E-state index in [-0.39, 0.29) is 24.0 Å². The zero-order valence-electron chi connectivity index (χ0n) is 17.4. The van der Waals surface area contributed by atoms with Crippen LogP contribution in [0.15, 0.2) is 63.7 Å². The molecule has 4 aromatic rings. The minimum Gasteiger partial charge on any atom is -0.454 e. The number of thiophene rings is 2. The summed E-state index contributed by atoms with van der Waals surface area (Å²) in [6, 6.07) is 9.54. The number of benzene rings is 1. The average Bonchev–Trinajstić information content (AvgIpc) is 3.58. The average molecular weight is 498 g/mol. The number of carbonyl (C=O) groups excluding carboxylic acids is 1. The van der Waals surface area contributed by atoms with Crippen molar-refractivity contribution in [3.63, 3.8) is 0 Å². The molecule has 0 aliphatic carbocycles. The molecule has 3 aromatic heterocycles. The summed E-state index contributed by atoms with van der Waals surface area (Å²) in [7, 11) is 0. The van der Waals surface area contributed by atoms with Crippen LogP contribution in [0.25, 0.3) is 20.7 Å². The maximum atomic E-state index is 13.3. The molecule has 1 N–H and O–H groups in total. The van der Waals surface area contributed by atoms with Crippen LogP contribution in [0.2, 0.25) is 0 Å². The molecule has 5 rings (SSSR count). The number of carbonyl (C=O) groups is 1. The van der Waals surface area contributed by atoms with Crippen molar-refractivity contribution < 1.29 is 14.3 Å². The first-order chi connectivity index (χ1) is 16.1. The fourth-order valence-electron chi connectivity index (χ4n) is 3.45. The van der Waals surface area contributed by atoms with Crippen LogP contribution in [-0.2, 0) is 17.9 Å². The van der Waals surface area contributed by atoms with E-state index in [0.29, 0.717) is 40.0 Å². The van der Waals surface area contributed by atoms with E-state index >= 15 is 0 Å². The van der Waals surface area contributed by atoms with Gasteiger partial charge in [0.15, 0.2) is 16.7 Å². The number of nitrogens with zero attached hydrogens (tertiary/aromatic N) is 2. The Morgan fingerprint density at radius 2 is 2.15 bits per heavy atom. The standard InChI is InChI=1S/C23H19N3O4S3/c1-2-7-26-22(28)20-15(18-4-3-8-31-18)11-32-21(20)25-23(26)33-12-19(27)24-10-14-5-6-16-17(9-14)30-13-29-16/h2-6,8-9,11H,1,7,10,12-13H2,(H,24,27). The van der Waals surface area contributed by atoms with E-state index in [9.17, 15) is 9.59 Å². The highest BCUT2D eigenvalue weighted by atomic mass is 32.2. The quantitative estimate of drug-likeness (QED) is 0.219. The van der Waals surface area contributed by atoms with Crippen LogP contribution in [0, 0.1) is 0 Å². The highest BCUT2D eigenvalue weighted by Gasteiger charge is 2.18. The van der Waals surface area contributed by atoms with Crippen molar-refractivity contribution in [2.45, 2.75) is 18.2 Å². The summed E-state index contributed by atoms with van der Waals surface area (Å²) < 4.78 is 12.3. The summed E-state index contributed by atoms with van der Waals surface area (Å²) in [5, 5.41) is 7.97. The fraction of sp³-hybridized carbons (Fsp3) is 0.174. The van der Waals surface area contributed by atoms with Gasteiger partial charge in [0.05, 0.1) is 11.1 Å². The Labute approximate surface area is 201 Å². The van der Waals surface area contributed by atoms with Crippen molar-refractivity contribution in [1.29, 1.82) is 0 Å². The Balaban J connectivity index is 1.32. The maximum absolute atomic E-state index is 13.3. The minimum absolute atomic E-state index is 0.118. The van der Waals surface area contributed by atoms with Crippen LogP contribution in [0.3, 0.4) is 0 Å². The van der Waals surface area contributed by atoms with E-state index in [4.69, 9.17) is 14.5 Å². The van der Waals surface area contributed by atoms with E-state index in [1.807, 2.05) is 41.1 Å². The molecule has 0 atom stereocenters. The summed E-state index contributed by atoms with van der Waals surface area (Å²) in [4.78, 5) is 32.2. The first-order valence-corrected chi connectivity index (χ1v) is 12.8. The van der Waals surface area contributed by atoms with Crippen molar-refractivity contribution in [3.8, 4) is 21.9 Å². The van der Waals surface area contributed by atoms with Gasteiger partial charge in [-0.2, -0.15) is 0 Å². The van der Waals surface area contributed by atoms with Crippen LogP contribution in [0.1, 0.15) is 5.56 Å². The Hall–Kier alpha value is -3.08. The Morgan fingerprint density at radius 1 is 1.27 bits per heavy atom. The molecule has 0 fully saturated rings. The second-order valence-corrected chi connectivity index (χ2v) is 9.91. The number of aromatic nitrogens is 2. The first-order valence-electron chi connectivity index (χ1n) is 10.1. The molecule has 0 spiro atoms. The van der Waals surface area contributed by atoms with Gasteiger partial charge in [0.1, 0.15) is 4.83 Å². The van der Waals surface area contributed by atoms with E-state index < -0.39 is 0 Å². The summed E-state index contributed by atoms with van der Waals surface area (Å²) in [6.07, 6.45) is 1.66. The number of rotatable bonds is 8. The van der Waals surface area contributed by atoms with Crippen molar-refractivity contribution in [3.05, 3.63) is 69.7 Å². The zero-order valence-corrected chi connectivity index (χ0v) is 19.9. The lowest BCUT2D eigenvalue weighted by molar-refractivity contribution is -0.118. The van der Waals surface area contributed by atoms with Crippen LogP contribution in [0.5, 0.6) is 11.5 Å². The van der Waals surface area contributed by atoms with Crippen molar-refractivity contribution in [2.75, 3.05) is 12.5 Å². The second kappa shape index (κ2) is 9.42. The van der Waals surface area contributed by atoms with E-state index in [2.05, 4.69) is 11.9 Å². The molecule has 1 aliphatic heterocycles. The Morgan fingerprint density at radius 3 is 2.97 bits per heavy atom. The number of hydrogen-bond acceptors (Lipinski definition) is 8. The third-order valence-corrected chi connectivity index (χ3v) is 7.77. The summed E-state index contributed by atoms with van der Waals surface area (Å²) >= 11 is 4.27. The van der Waals surface area contributed by atoms with Gasteiger partial charge in [0.2, 0.25) is 12.7 Å². The van der Waals surface area contributed by atoms with Crippen LogP contribution in [-0.4, -0.2) is 28.0 Å². The highest BCUT2D eigenvalue weighted by molar-refractivity contribution is 7.99. The SMILES string of the molecule is C=CCn1c(SCC(=O)NCc2ccc3c(c2)OCO3)nc2scc(-c3cccs3)c2c1=O. The normalized spacial score (nSPS) is 12.2. The number of fused-ring (bicyclic) bond motifs is 2. The van der Waals surface area contributed by atoms with Gasteiger partial charge in [0, 0.05) is 28.9 Å². The van der Waals surface area contributed by atoms with Crippen LogP contribution in [0.4, 0.5) is 0 Å². The fourth-order valence-corrected chi connectivity index (χ4v) is 6.09. The third kappa shape index (κ3) is 4.41. The predicted molar refractivity (Wildman–Crippen MR) is 133 cm³/mol. The molecule has 0 unspecified atom stereocenters. The number of thioether (sulfide) groups is 1. The summed E-state index contributed by atoms with van der Waals surface area (Å²) in [6.45, 7) is 4.68. The zero-order chi connectivity index (χ0) is 22.8. The third-order valence-electron chi connectivity index (χ3n) is 5.02. The number of hydrogen-bond donors (Lipinski definition) is 1. The molecule has 4 heterocycles. The molecule has 1 aromatic carbocycles. The first kappa shape index (κ1) is 21.7. The number of nitrogens with one attached hydrogen (secondary N) is 1. The van der Waals surface area contributed by atoms with E-state index in [1.165, 1.54) is 23.1 Å². The molecule has 10 heteroatoms. The number of ether oxygens (including phenoxy) is 2. The lowest BCUT2D eigenvalue weighted by Crippen LogP contribution is -2.26. The monoisotopic (exact) mass is 497 g/mol. The molecule has 0 saturated carbocycles. The van der Waals surface area contributed by atoms with Gasteiger partial charge in [-0.05, 0) is 29.1 Å². The lowest BCUT2D eigenvalue weighted by atomic mass is 10.2. The van der Waals surface area contributed by atoms with E-state index in [0.717, 1.165) is 16.0 Å². The maximum Gasteiger partial charge on any atom is 0.263 e. The van der Waals surface area contributed by atoms with E-state index in [1.54, 1.807) is 22.0 Å². The molecule has 0 saturated heterocycles. The van der Waals surface area contributed by atoms with Gasteiger partial charge in [-0.1, -0.05) is 30.0 Å². The molecule has 33 heavy (non-hydrogen) atoms. The summed E-state index contributed by atoms with van der Waals surface area (Å²) in [5.41, 5.74) is 1.70. The number of allylic oxidation sites excluding steroid dienone is 1. The van der Waals surface area contributed by atoms with Crippen molar-refractivity contribution >= 4 is 50.6 Å². The number of amides is 1. The Bertz CT molecular complexity index is 1390. The molecule has 0 bridgehead atoms. The minimum atomic E-state index is -0.150. The molecular weight excluding hydrogens is 478 g/mol. The predicted octanol–water partition coefficient (Wildman–Crippen LogP) is 4.51. The Kier molecular flexibility index (Phi) is 6.21. The largest absolute Gasteiger partial charge is 0.454 e. The van der Waals surface area contributed by atoms with Crippen LogP contribution < -0.4 is 20.3 Å². The van der Waals surface area contributed by atoms with Gasteiger partial charge >= 0.3 is 0 Å². The summed E-state index contributed by atoms with van der Waals surface area (Å²) in [5.74, 6) is 1.38. The molecular formula is C23H19N3O4S3. The van der Waals surface area contributed by atoms with Crippen LogP contribution >= 0.6 is 34.4 Å². The van der Waals surface area contributed by atoms with Gasteiger partial charge in [-0.3, -0.25) is 14.2 Å². The topological polar surface area (TPSA) is 82.5 Å². The van der Waals surface area contributed by atoms with Gasteiger partial charge in [0.25, 0.3) is 5.56 Å². The molecule has 1 amide bonds. The van der Waals surface area contributed by atoms with Crippen molar-refractivity contribution in [2.24, 2.45) is 0 Å². The molecule has 7 nitrogen and oxygen atoms in total. The smallest absolute Gasteiger partial charge is 0.263 e. The van der Waals surface area contributed by atoms with Gasteiger partial charge in [-0.25, -0.2) is 4.98 Å². The highest BCUT2D eigenvalue weighted by Crippen LogP contribution is 2.35. The van der Waals surface area contributed by atoms with Crippen molar-refractivity contribution in [1.82, 2.24) is 14.9 Å². The molecule has 168 valence electrons. The molecule has 0 radical (unpaired) electrons. The molecule has 1 aliphatic rings. The van der Waals surface area contributed by atoms with Gasteiger partial charge < -0.3 is 14.8 Å².